The summed E-state index contributed by atoms with van der Waals surface area (Å²) in [5, 5.41) is -0.326. The molecule has 0 N–H and O–H groups in total. The van der Waals surface area contributed by atoms with Crippen LogP contribution in [0.1, 0.15) is 46.0 Å². The second kappa shape index (κ2) is 6.37. The van der Waals surface area contributed by atoms with Gasteiger partial charge < -0.3 is 4.90 Å². The van der Waals surface area contributed by atoms with E-state index in [4.69, 9.17) is 11.6 Å². The summed E-state index contributed by atoms with van der Waals surface area (Å²) < 4.78 is 0. The van der Waals surface area contributed by atoms with Gasteiger partial charge in [-0.2, -0.15) is 0 Å². The van der Waals surface area contributed by atoms with E-state index in [0.717, 1.165) is 32.4 Å². The predicted molar refractivity (Wildman–Crippen MR) is 64.1 cm³/mol. The summed E-state index contributed by atoms with van der Waals surface area (Å²) in [5.41, 5.74) is 0. The minimum absolute atomic E-state index is 0.146. The molecule has 1 heterocycles. The molecule has 0 saturated carbocycles. The van der Waals surface area contributed by atoms with Gasteiger partial charge in [-0.1, -0.05) is 33.1 Å². The maximum Gasteiger partial charge on any atom is 0.240 e. The largest absolute Gasteiger partial charge is 0.341 e. The number of carbonyl (C=O) groups is 1. The fourth-order valence-electron chi connectivity index (χ4n) is 1.92. The van der Waals surface area contributed by atoms with Crippen molar-refractivity contribution in [3.8, 4) is 0 Å². The number of alkyl halides is 1. The standard InChI is InChI=1S/C12H22ClNO/c1-3-10(2)11(13)12(15)14-8-6-4-5-7-9-14/h10-11H,3-9H2,1-2H3. The quantitative estimate of drug-likeness (QED) is 0.684. The first-order chi connectivity index (χ1) is 7.16. The Morgan fingerprint density at radius 1 is 1.27 bits per heavy atom. The summed E-state index contributed by atoms with van der Waals surface area (Å²) >= 11 is 6.18. The van der Waals surface area contributed by atoms with Crippen LogP contribution >= 0.6 is 11.6 Å². The first kappa shape index (κ1) is 12.8. The topological polar surface area (TPSA) is 20.3 Å². The molecule has 0 aromatic carbocycles. The van der Waals surface area contributed by atoms with Gasteiger partial charge >= 0.3 is 0 Å². The van der Waals surface area contributed by atoms with Crippen molar-refractivity contribution in [1.82, 2.24) is 4.90 Å². The molecule has 2 unspecified atom stereocenters. The zero-order valence-electron chi connectivity index (χ0n) is 9.84. The van der Waals surface area contributed by atoms with Gasteiger partial charge in [0.2, 0.25) is 5.91 Å². The highest BCUT2D eigenvalue weighted by Crippen LogP contribution is 2.19. The van der Waals surface area contributed by atoms with Crippen molar-refractivity contribution in [3.05, 3.63) is 0 Å². The number of rotatable bonds is 3. The van der Waals surface area contributed by atoms with Crippen molar-refractivity contribution in [2.75, 3.05) is 13.1 Å². The first-order valence-electron chi connectivity index (χ1n) is 6.09. The van der Waals surface area contributed by atoms with Gasteiger partial charge in [0, 0.05) is 13.1 Å². The number of nitrogens with zero attached hydrogens (tertiary/aromatic N) is 1. The fraction of sp³-hybridized carbons (Fsp3) is 0.917. The highest BCUT2D eigenvalue weighted by Gasteiger charge is 2.26. The average molecular weight is 232 g/mol. The van der Waals surface area contributed by atoms with Crippen LogP contribution < -0.4 is 0 Å². The first-order valence-corrected chi connectivity index (χ1v) is 6.53. The average Bonchev–Trinajstić information content (AvgIpc) is 2.54. The molecule has 0 aromatic heterocycles. The Kier molecular flexibility index (Phi) is 5.44. The van der Waals surface area contributed by atoms with E-state index >= 15 is 0 Å². The third-order valence-electron chi connectivity index (χ3n) is 3.30. The van der Waals surface area contributed by atoms with Gasteiger partial charge in [-0.3, -0.25) is 4.79 Å². The van der Waals surface area contributed by atoms with Crippen LogP contribution in [0.2, 0.25) is 0 Å². The van der Waals surface area contributed by atoms with E-state index in [9.17, 15) is 4.79 Å². The molecule has 1 aliphatic heterocycles. The Balaban J connectivity index is 2.49. The molecular formula is C12H22ClNO. The Morgan fingerprint density at radius 2 is 1.80 bits per heavy atom. The highest BCUT2D eigenvalue weighted by molar-refractivity contribution is 6.30. The van der Waals surface area contributed by atoms with Crippen LogP contribution in [0.3, 0.4) is 0 Å². The monoisotopic (exact) mass is 231 g/mol. The van der Waals surface area contributed by atoms with E-state index in [1.165, 1.54) is 12.8 Å². The molecule has 0 spiro atoms. The zero-order valence-corrected chi connectivity index (χ0v) is 10.6. The van der Waals surface area contributed by atoms with Crippen molar-refractivity contribution in [3.63, 3.8) is 0 Å². The van der Waals surface area contributed by atoms with E-state index in [1.807, 2.05) is 11.8 Å². The summed E-state index contributed by atoms with van der Waals surface area (Å²) in [6, 6.07) is 0. The van der Waals surface area contributed by atoms with Crippen molar-refractivity contribution in [2.24, 2.45) is 5.92 Å². The molecule has 0 radical (unpaired) electrons. The van der Waals surface area contributed by atoms with Gasteiger partial charge in [0.25, 0.3) is 0 Å². The maximum absolute atomic E-state index is 12.0. The van der Waals surface area contributed by atoms with Gasteiger partial charge in [-0.25, -0.2) is 0 Å². The third kappa shape index (κ3) is 3.67. The van der Waals surface area contributed by atoms with Crippen LogP contribution in [-0.2, 0) is 4.79 Å². The van der Waals surface area contributed by atoms with E-state index in [-0.39, 0.29) is 17.2 Å². The molecule has 0 aliphatic carbocycles. The number of carbonyl (C=O) groups excluding carboxylic acids is 1. The maximum atomic E-state index is 12.0. The summed E-state index contributed by atoms with van der Waals surface area (Å²) in [6.07, 6.45) is 5.74. The minimum atomic E-state index is -0.326. The number of halogens is 1. The summed E-state index contributed by atoms with van der Waals surface area (Å²) in [7, 11) is 0. The minimum Gasteiger partial charge on any atom is -0.341 e. The number of likely N-dealkylation sites (tertiary alicyclic amines) is 1. The molecule has 1 rings (SSSR count). The Morgan fingerprint density at radius 3 is 2.27 bits per heavy atom. The van der Waals surface area contributed by atoms with Gasteiger partial charge in [0.05, 0.1) is 0 Å². The predicted octanol–water partition coefficient (Wildman–Crippen LogP) is 3.04. The lowest BCUT2D eigenvalue weighted by Gasteiger charge is -2.25. The molecule has 3 heteroatoms. The molecule has 1 aliphatic rings. The Bertz CT molecular complexity index is 200. The molecule has 1 amide bonds. The third-order valence-corrected chi connectivity index (χ3v) is 3.91. The second-order valence-corrected chi connectivity index (χ2v) is 5.00. The van der Waals surface area contributed by atoms with E-state index in [0.29, 0.717) is 0 Å². The van der Waals surface area contributed by atoms with Crippen LogP contribution in [0.25, 0.3) is 0 Å². The van der Waals surface area contributed by atoms with E-state index < -0.39 is 0 Å². The highest BCUT2D eigenvalue weighted by atomic mass is 35.5. The summed E-state index contributed by atoms with van der Waals surface area (Å²) in [6.45, 7) is 5.93. The summed E-state index contributed by atoms with van der Waals surface area (Å²) in [4.78, 5) is 14.0. The molecular weight excluding hydrogens is 210 g/mol. The van der Waals surface area contributed by atoms with E-state index in [2.05, 4.69) is 6.92 Å². The van der Waals surface area contributed by atoms with E-state index in [1.54, 1.807) is 0 Å². The van der Waals surface area contributed by atoms with Crippen LogP contribution in [0.15, 0.2) is 0 Å². The summed E-state index contributed by atoms with van der Waals surface area (Å²) in [5.74, 6) is 0.426. The molecule has 0 bridgehead atoms. The van der Waals surface area contributed by atoms with Crippen molar-refractivity contribution >= 4 is 17.5 Å². The van der Waals surface area contributed by atoms with Gasteiger partial charge in [-0.15, -0.1) is 11.6 Å². The van der Waals surface area contributed by atoms with Crippen LogP contribution in [0.4, 0.5) is 0 Å². The molecule has 2 atom stereocenters. The van der Waals surface area contributed by atoms with Crippen molar-refractivity contribution in [1.29, 1.82) is 0 Å². The van der Waals surface area contributed by atoms with Gasteiger partial charge in [0.1, 0.15) is 5.38 Å². The molecule has 0 aromatic rings. The zero-order chi connectivity index (χ0) is 11.3. The lowest BCUT2D eigenvalue weighted by atomic mass is 10.0. The second-order valence-electron chi connectivity index (χ2n) is 4.53. The molecule has 1 saturated heterocycles. The lowest BCUT2D eigenvalue weighted by molar-refractivity contribution is -0.131. The van der Waals surface area contributed by atoms with Gasteiger partial charge in [-0.05, 0) is 18.8 Å². The molecule has 15 heavy (non-hydrogen) atoms. The Labute approximate surface area is 98.0 Å². The molecule has 88 valence electrons. The normalized spacial score (nSPS) is 21.9. The lowest BCUT2D eigenvalue weighted by Crippen LogP contribution is -2.39. The Hall–Kier alpha value is -0.240. The fourth-order valence-corrected chi connectivity index (χ4v) is 2.23. The van der Waals surface area contributed by atoms with Crippen molar-refractivity contribution in [2.45, 2.75) is 51.3 Å². The molecule has 1 fully saturated rings. The smallest absolute Gasteiger partial charge is 0.240 e. The number of hydrogen-bond donors (Lipinski definition) is 0. The number of hydrogen-bond acceptors (Lipinski definition) is 1. The SMILES string of the molecule is CCC(C)C(Cl)C(=O)N1CCCCCC1. The van der Waals surface area contributed by atoms with Gasteiger partial charge in [0.15, 0.2) is 0 Å². The van der Waals surface area contributed by atoms with Crippen LogP contribution in [0, 0.1) is 5.92 Å². The van der Waals surface area contributed by atoms with Crippen LogP contribution in [0.5, 0.6) is 0 Å². The molecule has 2 nitrogen and oxygen atoms in total. The van der Waals surface area contributed by atoms with Crippen molar-refractivity contribution < 1.29 is 4.79 Å². The van der Waals surface area contributed by atoms with Crippen LogP contribution in [-0.4, -0.2) is 29.3 Å². The number of amides is 1.